The maximum absolute atomic E-state index is 12.2. The van der Waals surface area contributed by atoms with Gasteiger partial charge in [-0.3, -0.25) is 0 Å². The lowest BCUT2D eigenvalue weighted by Crippen LogP contribution is -2.07. The predicted octanol–water partition coefficient (Wildman–Crippen LogP) is 9.26. The smallest absolute Gasteiger partial charge is 0.337 e. The Kier molecular flexibility index (Phi) is 16.8. The SMILES string of the molecule is CCCCCCCCCCOCCn1cc(C(=O)O)c2cccc(OCCCCCCCCCC(F)F)c21. The number of benzene rings is 1. The first-order valence-electron chi connectivity index (χ1n) is 14.9. The fourth-order valence-corrected chi connectivity index (χ4v) is 4.86. The van der Waals surface area contributed by atoms with Gasteiger partial charge in [-0.25, -0.2) is 13.6 Å². The zero-order valence-electron chi connectivity index (χ0n) is 23.4. The Balaban J connectivity index is 1.74. The van der Waals surface area contributed by atoms with Gasteiger partial charge in [-0.15, -0.1) is 0 Å². The lowest BCUT2D eigenvalue weighted by atomic mass is 10.1. The average Bonchev–Trinajstić information content (AvgIpc) is 3.28. The van der Waals surface area contributed by atoms with E-state index in [2.05, 4.69) is 6.92 Å². The Hall–Kier alpha value is -2.15. The van der Waals surface area contributed by atoms with Crippen LogP contribution in [0.4, 0.5) is 8.78 Å². The van der Waals surface area contributed by atoms with Crippen molar-refractivity contribution in [3.63, 3.8) is 0 Å². The molecule has 1 aromatic heterocycles. The van der Waals surface area contributed by atoms with Gasteiger partial charge >= 0.3 is 5.97 Å². The molecule has 0 amide bonds. The maximum atomic E-state index is 12.2. The normalized spacial score (nSPS) is 11.6. The first kappa shape index (κ1) is 32.1. The zero-order valence-corrected chi connectivity index (χ0v) is 23.4. The molecule has 0 unspecified atom stereocenters. The first-order valence-corrected chi connectivity index (χ1v) is 14.9. The molecule has 0 aliphatic rings. The molecule has 0 atom stereocenters. The van der Waals surface area contributed by atoms with E-state index < -0.39 is 12.4 Å². The molecule has 0 aliphatic heterocycles. The summed E-state index contributed by atoms with van der Waals surface area (Å²) in [4.78, 5) is 11.8. The molecule has 0 saturated heterocycles. The van der Waals surface area contributed by atoms with Gasteiger partial charge in [-0.2, -0.15) is 0 Å². The topological polar surface area (TPSA) is 60.7 Å². The number of halogens is 2. The van der Waals surface area contributed by atoms with Crippen molar-refractivity contribution < 1.29 is 28.2 Å². The summed E-state index contributed by atoms with van der Waals surface area (Å²) in [6.07, 6.45) is 16.2. The van der Waals surface area contributed by atoms with E-state index in [4.69, 9.17) is 9.47 Å². The molecule has 5 nitrogen and oxygen atoms in total. The van der Waals surface area contributed by atoms with Crippen LogP contribution in [-0.4, -0.2) is 41.9 Å². The van der Waals surface area contributed by atoms with Crippen molar-refractivity contribution in [1.82, 2.24) is 4.57 Å². The van der Waals surface area contributed by atoms with E-state index in [0.717, 1.165) is 57.1 Å². The van der Waals surface area contributed by atoms with Crippen LogP contribution in [-0.2, 0) is 11.3 Å². The third-order valence-corrected chi connectivity index (χ3v) is 7.03. The third kappa shape index (κ3) is 12.6. The van der Waals surface area contributed by atoms with Crippen molar-refractivity contribution >= 4 is 16.9 Å². The molecule has 0 radical (unpaired) electrons. The van der Waals surface area contributed by atoms with Crippen molar-refractivity contribution in [1.29, 1.82) is 0 Å². The summed E-state index contributed by atoms with van der Waals surface area (Å²) in [5.41, 5.74) is 1.08. The second-order valence-corrected chi connectivity index (χ2v) is 10.3. The van der Waals surface area contributed by atoms with Gasteiger partial charge in [0.2, 0.25) is 6.43 Å². The summed E-state index contributed by atoms with van der Waals surface area (Å²) in [5.74, 6) is -0.246. The molecular formula is C31H49F2NO4. The number of carboxylic acids is 1. The van der Waals surface area contributed by atoms with Crippen molar-refractivity contribution in [3.05, 3.63) is 30.0 Å². The Bertz CT molecular complexity index is 899. The van der Waals surface area contributed by atoms with Gasteiger partial charge < -0.3 is 19.1 Å². The average molecular weight is 538 g/mol. The summed E-state index contributed by atoms with van der Waals surface area (Å²) >= 11 is 0. The van der Waals surface area contributed by atoms with Crippen molar-refractivity contribution in [2.75, 3.05) is 19.8 Å². The van der Waals surface area contributed by atoms with Gasteiger partial charge in [0.05, 0.1) is 24.3 Å². The van der Waals surface area contributed by atoms with Crippen LogP contribution in [0.5, 0.6) is 5.75 Å². The molecule has 216 valence electrons. The van der Waals surface area contributed by atoms with Crippen LogP contribution >= 0.6 is 0 Å². The highest BCUT2D eigenvalue weighted by atomic mass is 19.3. The number of nitrogens with zero attached hydrogens (tertiary/aromatic N) is 1. The first-order chi connectivity index (χ1) is 18.5. The molecule has 38 heavy (non-hydrogen) atoms. The number of carboxylic acid groups (broad SMARTS) is 1. The second kappa shape index (κ2) is 19.9. The number of alkyl halides is 2. The molecule has 2 aromatic rings. The summed E-state index contributed by atoms with van der Waals surface area (Å²) < 4.78 is 38.2. The van der Waals surface area contributed by atoms with Gasteiger partial charge in [0.1, 0.15) is 5.75 Å². The summed E-state index contributed by atoms with van der Waals surface area (Å²) in [6, 6.07) is 5.57. The number of hydrogen-bond donors (Lipinski definition) is 1. The van der Waals surface area contributed by atoms with Crippen LogP contribution in [0.25, 0.3) is 10.9 Å². The number of para-hydroxylation sites is 1. The van der Waals surface area contributed by atoms with Crippen LogP contribution in [0.2, 0.25) is 0 Å². The van der Waals surface area contributed by atoms with Gasteiger partial charge in [0.15, 0.2) is 0 Å². The van der Waals surface area contributed by atoms with E-state index in [0.29, 0.717) is 37.3 Å². The minimum atomic E-state index is -2.18. The van der Waals surface area contributed by atoms with E-state index >= 15 is 0 Å². The molecule has 1 N–H and O–H groups in total. The largest absolute Gasteiger partial charge is 0.491 e. The van der Waals surface area contributed by atoms with Gasteiger partial charge in [0.25, 0.3) is 0 Å². The molecule has 1 heterocycles. The summed E-state index contributed by atoms with van der Waals surface area (Å²) in [6.45, 7) is 4.64. The number of fused-ring (bicyclic) bond motifs is 1. The lowest BCUT2D eigenvalue weighted by Gasteiger charge is -2.12. The minimum absolute atomic E-state index is 0.0100. The Morgan fingerprint density at radius 1 is 0.842 bits per heavy atom. The minimum Gasteiger partial charge on any atom is -0.491 e. The number of rotatable bonds is 24. The number of hydrogen-bond acceptors (Lipinski definition) is 3. The molecule has 0 bridgehead atoms. The fraction of sp³-hybridized carbons (Fsp3) is 0.710. The highest BCUT2D eigenvalue weighted by Gasteiger charge is 2.17. The van der Waals surface area contributed by atoms with E-state index in [1.54, 1.807) is 6.20 Å². The van der Waals surface area contributed by atoms with Crippen molar-refractivity contribution in [3.8, 4) is 5.75 Å². The lowest BCUT2D eigenvalue weighted by molar-refractivity contribution is 0.0698. The number of ether oxygens (including phenoxy) is 2. The van der Waals surface area contributed by atoms with Crippen LogP contribution in [0.3, 0.4) is 0 Å². The molecule has 0 fully saturated rings. The Morgan fingerprint density at radius 3 is 2.08 bits per heavy atom. The second-order valence-electron chi connectivity index (χ2n) is 10.3. The number of aromatic nitrogens is 1. The van der Waals surface area contributed by atoms with Crippen LogP contribution < -0.4 is 4.74 Å². The maximum Gasteiger partial charge on any atom is 0.337 e. The number of unbranched alkanes of at least 4 members (excludes halogenated alkanes) is 13. The Morgan fingerprint density at radius 2 is 1.45 bits per heavy atom. The molecule has 1 aromatic carbocycles. The molecule has 0 aliphatic carbocycles. The van der Waals surface area contributed by atoms with Gasteiger partial charge in [-0.1, -0.05) is 96.1 Å². The van der Waals surface area contributed by atoms with Crippen LogP contribution in [0, 0.1) is 0 Å². The molecule has 2 rings (SSSR count). The quantitative estimate of drug-likeness (QED) is 0.136. The summed E-state index contributed by atoms with van der Waals surface area (Å²) in [5, 5.41) is 10.4. The number of aromatic carboxylic acids is 1. The standard InChI is InChI=1S/C31H49F2NO4/c1-2-3-4-5-6-9-12-15-22-37-24-21-34-25-27(31(35)36)26-18-17-19-28(30(26)34)38-23-16-13-10-7-8-11-14-20-29(32)33/h17-19,25,29H,2-16,20-24H2,1H3,(H,35,36). The fourth-order valence-electron chi connectivity index (χ4n) is 4.86. The summed E-state index contributed by atoms with van der Waals surface area (Å²) in [7, 11) is 0. The third-order valence-electron chi connectivity index (χ3n) is 7.03. The van der Waals surface area contributed by atoms with E-state index in [9.17, 15) is 18.7 Å². The predicted molar refractivity (Wildman–Crippen MR) is 151 cm³/mol. The van der Waals surface area contributed by atoms with E-state index in [1.165, 1.54) is 44.9 Å². The van der Waals surface area contributed by atoms with Crippen LogP contribution in [0.1, 0.15) is 120 Å². The molecule has 0 spiro atoms. The highest BCUT2D eigenvalue weighted by Crippen LogP contribution is 2.30. The van der Waals surface area contributed by atoms with Gasteiger partial charge in [0, 0.05) is 31.2 Å². The molecule has 0 saturated carbocycles. The van der Waals surface area contributed by atoms with Gasteiger partial charge in [-0.05, 0) is 25.3 Å². The van der Waals surface area contributed by atoms with Crippen LogP contribution in [0.15, 0.2) is 24.4 Å². The van der Waals surface area contributed by atoms with E-state index in [-0.39, 0.29) is 12.0 Å². The molecule has 7 heteroatoms. The monoisotopic (exact) mass is 537 g/mol. The van der Waals surface area contributed by atoms with Crippen molar-refractivity contribution in [2.24, 2.45) is 0 Å². The number of carbonyl (C=O) groups is 1. The Labute approximate surface area is 227 Å². The highest BCUT2D eigenvalue weighted by molar-refractivity contribution is 6.05. The van der Waals surface area contributed by atoms with E-state index in [1.807, 2.05) is 22.8 Å². The van der Waals surface area contributed by atoms with Crippen molar-refractivity contribution in [2.45, 2.75) is 123 Å². The zero-order chi connectivity index (χ0) is 27.4. The molecular weight excluding hydrogens is 488 g/mol.